The quantitative estimate of drug-likeness (QED) is 0.735. The first kappa shape index (κ1) is 12.0. The molecule has 1 amide bonds. The second-order valence-electron chi connectivity index (χ2n) is 3.61. The van der Waals surface area contributed by atoms with E-state index in [4.69, 9.17) is 11.6 Å². The van der Waals surface area contributed by atoms with Crippen molar-refractivity contribution >= 4 is 17.5 Å². The van der Waals surface area contributed by atoms with Crippen LogP contribution in [-0.4, -0.2) is 28.7 Å². The number of pyridine rings is 1. The summed E-state index contributed by atoms with van der Waals surface area (Å²) in [4.78, 5) is 17.3. The van der Waals surface area contributed by atoms with E-state index < -0.39 is 0 Å². The molecule has 1 aromatic heterocycles. The Morgan fingerprint density at radius 2 is 2.13 bits per heavy atom. The standard InChI is InChI=1S/C11H15ClN2O/c1-9(7-12)11(15)14(2)8-10-3-5-13-6-4-10/h3-6,9H,7-8H2,1-2H3. The molecule has 82 valence electrons. The number of hydrogen-bond donors (Lipinski definition) is 0. The summed E-state index contributed by atoms with van der Waals surface area (Å²) in [5, 5.41) is 0. The lowest BCUT2D eigenvalue weighted by Gasteiger charge is -2.20. The maximum absolute atomic E-state index is 11.7. The number of hydrogen-bond acceptors (Lipinski definition) is 2. The highest BCUT2D eigenvalue weighted by Crippen LogP contribution is 2.07. The largest absolute Gasteiger partial charge is 0.341 e. The third-order valence-electron chi connectivity index (χ3n) is 2.20. The number of nitrogens with zero attached hydrogens (tertiary/aromatic N) is 2. The fourth-order valence-electron chi connectivity index (χ4n) is 1.28. The fourth-order valence-corrected chi connectivity index (χ4v) is 1.41. The van der Waals surface area contributed by atoms with Gasteiger partial charge in [-0.15, -0.1) is 11.6 Å². The lowest BCUT2D eigenvalue weighted by molar-refractivity contribution is -0.133. The van der Waals surface area contributed by atoms with Gasteiger partial charge in [0.15, 0.2) is 0 Å². The fraction of sp³-hybridized carbons (Fsp3) is 0.455. The Kier molecular flexibility index (Phi) is 4.56. The summed E-state index contributed by atoms with van der Waals surface area (Å²) < 4.78 is 0. The van der Waals surface area contributed by atoms with Crippen LogP contribution < -0.4 is 0 Å². The van der Waals surface area contributed by atoms with Gasteiger partial charge in [0.25, 0.3) is 0 Å². The van der Waals surface area contributed by atoms with Gasteiger partial charge in [0, 0.05) is 37.8 Å². The lowest BCUT2D eigenvalue weighted by atomic mass is 10.1. The highest BCUT2D eigenvalue weighted by molar-refractivity contribution is 6.19. The van der Waals surface area contributed by atoms with Crippen molar-refractivity contribution in [1.29, 1.82) is 0 Å². The van der Waals surface area contributed by atoms with Crippen LogP contribution in [-0.2, 0) is 11.3 Å². The zero-order valence-electron chi connectivity index (χ0n) is 8.98. The molecule has 0 radical (unpaired) electrons. The minimum atomic E-state index is -0.126. The maximum atomic E-state index is 11.7. The second-order valence-corrected chi connectivity index (χ2v) is 3.91. The first-order chi connectivity index (χ1) is 7.15. The zero-order chi connectivity index (χ0) is 11.3. The first-order valence-electron chi connectivity index (χ1n) is 4.85. The van der Waals surface area contributed by atoms with Crippen molar-refractivity contribution in [3.8, 4) is 0 Å². The molecule has 0 N–H and O–H groups in total. The van der Waals surface area contributed by atoms with Gasteiger partial charge in [-0.25, -0.2) is 0 Å². The molecule has 1 unspecified atom stereocenters. The topological polar surface area (TPSA) is 33.2 Å². The summed E-state index contributed by atoms with van der Waals surface area (Å²) in [6.45, 7) is 2.43. The third kappa shape index (κ3) is 3.51. The summed E-state index contributed by atoms with van der Waals surface area (Å²) >= 11 is 5.64. The summed E-state index contributed by atoms with van der Waals surface area (Å²) in [6.07, 6.45) is 3.44. The van der Waals surface area contributed by atoms with E-state index >= 15 is 0 Å². The molecule has 1 rings (SSSR count). The van der Waals surface area contributed by atoms with Crippen LogP contribution >= 0.6 is 11.6 Å². The summed E-state index contributed by atoms with van der Waals surface area (Å²) in [7, 11) is 1.78. The summed E-state index contributed by atoms with van der Waals surface area (Å²) in [6, 6.07) is 3.80. The minimum Gasteiger partial charge on any atom is -0.341 e. The second kappa shape index (κ2) is 5.71. The van der Waals surface area contributed by atoms with Gasteiger partial charge in [-0.2, -0.15) is 0 Å². The molecule has 0 aliphatic heterocycles. The van der Waals surface area contributed by atoms with Gasteiger partial charge in [-0.05, 0) is 17.7 Å². The molecule has 0 fully saturated rings. The van der Waals surface area contributed by atoms with Crippen molar-refractivity contribution in [1.82, 2.24) is 9.88 Å². The van der Waals surface area contributed by atoms with Crippen LogP contribution in [0.25, 0.3) is 0 Å². The first-order valence-corrected chi connectivity index (χ1v) is 5.38. The molecule has 15 heavy (non-hydrogen) atoms. The Morgan fingerprint density at radius 1 is 1.53 bits per heavy atom. The van der Waals surface area contributed by atoms with E-state index in [1.807, 2.05) is 19.1 Å². The molecule has 0 saturated heterocycles. The number of amides is 1. The van der Waals surface area contributed by atoms with E-state index in [2.05, 4.69) is 4.98 Å². The van der Waals surface area contributed by atoms with Crippen LogP contribution in [0.3, 0.4) is 0 Å². The Labute approximate surface area is 95.1 Å². The van der Waals surface area contributed by atoms with Crippen molar-refractivity contribution in [2.75, 3.05) is 12.9 Å². The Morgan fingerprint density at radius 3 is 2.67 bits per heavy atom. The van der Waals surface area contributed by atoms with Crippen LogP contribution in [0.15, 0.2) is 24.5 Å². The molecular weight excluding hydrogens is 212 g/mol. The minimum absolute atomic E-state index is 0.0711. The van der Waals surface area contributed by atoms with Crippen molar-refractivity contribution in [2.45, 2.75) is 13.5 Å². The van der Waals surface area contributed by atoms with Crippen molar-refractivity contribution in [2.24, 2.45) is 5.92 Å². The van der Waals surface area contributed by atoms with Gasteiger partial charge in [0.2, 0.25) is 5.91 Å². The van der Waals surface area contributed by atoms with E-state index in [1.54, 1.807) is 24.3 Å². The zero-order valence-corrected chi connectivity index (χ0v) is 9.74. The lowest BCUT2D eigenvalue weighted by Crippen LogP contribution is -2.31. The van der Waals surface area contributed by atoms with E-state index in [0.717, 1.165) is 5.56 Å². The van der Waals surface area contributed by atoms with E-state index in [0.29, 0.717) is 12.4 Å². The highest BCUT2D eigenvalue weighted by atomic mass is 35.5. The maximum Gasteiger partial charge on any atom is 0.226 e. The summed E-state index contributed by atoms with van der Waals surface area (Å²) in [5.74, 6) is 0.305. The molecule has 1 atom stereocenters. The molecule has 1 aromatic rings. The van der Waals surface area contributed by atoms with Crippen LogP contribution in [0, 0.1) is 5.92 Å². The average Bonchev–Trinajstić information content (AvgIpc) is 2.28. The van der Waals surface area contributed by atoms with E-state index in [9.17, 15) is 4.79 Å². The molecule has 0 spiro atoms. The van der Waals surface area contributed by atoms with Gasteiger partial charge >= 0.3 is 0 Å². The van der Waals surface area contributed by atoms with Crippen molar-refractivity contribution in [3.63, 3.8) is 0 Å². The number of alkyl halides is 1. The molecule has 0 aliphatic rings. The van der Waals surface area contributed by atoms with Gasteiger partial charge in [0.1, 0.15) is 0 Å². The van der Waals surface area contributed by atoms with E-state index in [1.165, 1.54) is 0 Å². The molecule has 0 aliphatic carbocycles. The Hall–Kier alpha value is -1.09. The SMILES string of the molecule is CC(CCl)C(=O)N(C)Cc1ccncc1. The third-order valence-corrected chi connectivity index (χ3v) is 2.66. The number of halogens is 1. The molecule has 0 aromatic carbocycles. The molecule has 1 heterocycles. The number of carbonyl (C=O) groups is 1. The monoisotopic (exact) mass is 226 g/mol. The predicted molar refractivity (Wildman–Crippen MR) is 60.6 cm³/mol. The Bertz CT molecular complexity index is 316. The summed E-state index contributed by atoms with van der Waals surface area (Å²) in [5.41, 5.74) is 1.07. The van der Waals surface area contributed by atoms with Gasteiger partial charge in [-0.3, -0.25) is 9.78 Å². The van der Waals surface area contributed by atoms with Crippen LogP contribution in [0.5, 0.6) is 0 Å². The van der Waals surface area contributed by atoms with Crippen LogP contribution in [0.2, 0.25) is 0 Å². The number of rotatable bonds is 4. The Balaban J connectivity index is 2.56. The predicted octanol–water partition coefficient (Wildman–Crippen LogP) is 1.91. The van der Waals surface area contributed by atoms with Gasteiger partial charge in [0.05, 0.1) is 0 Å². The molecular formula is C11H15ClN2O. The molecule has 4 heteroatoms. The number of carbonyl (C=O) groups excluding carboxylic acids is 1. The molecule has 0 bridgehead atoms. The molecule has 0 saturated carbocycles. The van der Waals surface area contributed by atoms with Crippen molar-refractivity contribution in [3.05, 3.63) is 30.1 Å². The average molecular weight is 227 g/mol. The smallest absolute Gasteiger partial charge is 0.226 e. The highest BCUT2D eigenvalue weighted by Gasteiger charge is 2.16. The van der Waals surface area contributed by atoms with E-state index in [-0.39, 0.29) is 11.8 Å². The van der Waals surface area contributed by atoms with Crippen LogP contribution in [0.1, 0.15) is 12.5 Å². The normalized spacial score (nSPS) is 12.2. The van der Waals surface area contributed by atoms with Gasteiger partial charge in [-0.1, -0.05) is 6.92 Å². The van der Waals surface area contributed by atoms with Gasteiger partial charge < -0.3 is 4.90 Å². The van der Waals surface area contributed by atoms with Crippen molar-refractivity contribution < 1.29 is 4.79 Å². The molecule has 3 nitrogen and oxygen atoms in total. The van der Waals surface area contributed by atoms with Crippen LogP contribution in [0.4, 0.5) is 0 Å². The number of aromatic nitrogens is 1.